The largest absolute Gasteiger partial charge is 0.334 e. The third-order valence-electron chi connectivity index (χ3n) is 3.97. The Morgan fingerprint density at radius 1 is 1.40 bits per heavy atom. The topological polar surface area (TPSA) is 72.3 Å². The van der Waals surface area contributed by atoms with Gasteiger partial charge >= 0.3 is 10.2 Å². The van der Waals surface area contributed by atoms with Gasteiger partial charge in [0.25, 0.3) is 0 Å². The smallest absolute Gasteiger partial charge is 0.307 e. The summed E-state index contributed by atoms with van der Waals surface area (Å²) in [5.74, 6) is -0.341. The first-order valence-corrected chi connectivity index (χ1v) is 7.80. The standard InChI is InChI=1S/C12H18FN3O3S/c1-7-12(8(2)15(4)14-7)9(3)16-6-10(5-11(16)17)20(13,18)19/h9-10H,5-6H2,1-4H3. The molecule has 1 saturated heterocycles. The lowest BCUT2D eigenvalue weighted by Crippen LogP contribution is -2.30. The van der Waals surface area contributed by atoms with Crippen molar-refractivity contribution in [3.63, 3.8) is 0 Å². The number of amides is 1. The Bertz CT molecular complexity index is 653. The molecule has 1 aliphatic heterocycles. The quantitative estimate of drug-likeness (QED) is 0.781. The van der Waals surface area contributed by atoms with E-state index in [1.807, 2.05) is 20.8 Å². The maximum absolute atomic E-state index is 13.0. The predicted molar refractivity (Wildman–Crippen MR) is 71.2 cm³/mol. The molecule has 6 nitrogen and oxygen atoms in total. The Morgan fingerprint density at radius 3 is 2.40 bits per heavy atom. The fourth-order valence-electron chi connectivity index (χ4n) is 2.81. The van der Waals surface area contributed by atoms with Gasteiger partial charge in [-0.3, -0.25) is 9.48 Å². The van der Waals surface area contributed by atoms with Crippen LogP contribution >= 0.6 is 0 Å². The van der Waals surface area contributed by atoms with Gasteiger partial charge in [-0.2, -0.15) is 13.5 Å². The Labute approximate surface area is 117 Å². The maximum Gasteiger partial charge on any atom is 0.307 e. The summed E-state index contributed by atoms with van der Waals surface area (Å²) >= 11 is 0. The van der Waals surface area contributed by atoms with Crippen molar-refractivity contribution in [3.05, 3.63) is 17.0 Å². The zero-order chi connectivity index (χ0) is 15.2. The van der Waals surface area contributed by atoms with Gasteiger partial charge < -0.3 is 4.90 Å². The maximum atomic E-state index is 13.0. The summed E-state index contributed by atoms with van der Waals surface area (Å²) in [6.45, 7) is 5.42. The van der Waals surface area contributed by atoms with E-state index in [1.54, 1.807) is 11.7 Å². The first kappa shape index (κ1) is 15.0. The molecule has 1 fully saturated rings. The number of halogens is 1. The van der Waals surface area contributed by atoms with Crippen LogP contribution in [0.15, 0.2) is 0 Å². The van der Waals surface area contributed by atoms with Crippen LogP contribution in [0.3, 0.4) is 0 Å². The molecule has 0 bridgehead atoms. The second kappa shape index (κ2) is 4.83. The van der Waals surface area contributed by atoms with Gasteiger partial charge in [-0.15, -0.1) is 3.89 Å². The Hall–Kier alpha value is -1.44. The highest BCUT2D eigenvalue weighted by atomic mass is 32.3. The molecule has 20 heavy (non-hydrogen) atoms. The van der Waals surface area contributed by atoms with Gasteiger partial charge in [0.1, 0.15) is 5.25 Å². The number of rotatable bonds is 3. The highest BCUT2D eigenvalue weighted by Gasteiger charge is 2.41. The highest BCUT2D eigenvalue weighted by molar-refractivity contribution is 7.87. The summed E-state index contributed by atoms with van der Waals surface area (Å²) in [4.78, 5) is 13.4. The SMILES string of the molecule is Cc1nn(C)c(C)c1C(C)N1CC(S(=O)(=O)F)CC1=O. The van der Waals surface area contributed by atoms with Gasteiger partial charge in [-0.25, -0.2) is 0 Å². The highest BCUT2D eigenvalue weighted by Crippen LogP contribution is 2.31. The molecular formula is C12H18FN3O3S. The van der Waals surface area contributed by atoms with Crippen LogP contribution < -0.4 is 0 Å². The summed E-state index contributed by atoms with van der Waals surface area (Å²) in [6.07, 6.45) is -0.290. The summed E-state index contributed by atoms with van der Waals surface area (Å²) in [5.41, 5.74) is 2.59. The molecule has 2 atom stereocenters. The summed E-state index contributed by atoms with van der Waals surface area (Å²) in [6, 6.07) is -0.317. The fraction of sp³-hybridized carbons (Fsp3) is 0.667. The second-order valence-corrected chi connectivity index (χ2v) is 6.85. The molecule has 1 amide bonds. The number of hydrogen-bond donors (Lipinski definition) is 0. The number of nitrogens with zero attached hydrogens (tertiary/aromatic N) is 3. The Kier molecular flexibility index (Phi) is 3.62. The van der Waals surface area contributed by atoms with E-state index in [1.165, 1.54) is 4.90 Å². The molecule has 2 heterocycles. The minimum absolute atomic E-state index is 0.105. The second-order valence-electron chi connectivity index (χ2n) is 5.23. The number of hydrogen-bond acceptors (Lipinski definition) is 4. The minimum atomic E-state index is -4.68. The van der Waals surface area contributed by atoms with E-state index < -0.39 is 15.5 Å². The van der Waals surface area contributed by atoms with Crippen LogP contribution in [0.2, 0.25) is 0 Å². The van der Waals surface area contributed by atoms with Gasteiger partial charge in [0.15, 0.2) is 0 Å². The normalized spacial score (nSPS) is 21.6. The van der Waals surface area contributed by atoms with Crippen molar-refractivity contribution in [3.8, 4) is 0 Å². The third kappa shape index (κ3) is 2.44. The Morgan fingerprint density at radius 2 is 2.00 bits per heavy atom. The lowest BCUT2D eigenvalue weighted by atomic mass is 10.1. The molecule has 0 aromatic carbocycles. The molecule has 1 aliphatic rings. The van der Waals surface area contributed by atoms with Gasteiger partial charge in [0.2, 0.25) is 5.91 Å². The number of carbonyl (C=O) groups is 1. The average Bonchev–Trinajstić information content (AvgIpc) is 2.80. The van der Waals surface area contributed by atoms with E-state index in [4.69, 9.17) is 0 Å². The van der Waals surface area contributed by atoms with E-state index in [0.29, 0.717) is 0 Å². The average molecular weight is 303 g/mol. The monoisotopic (exact) mass is 303 g/mol. The summed E-state index contributed by atoms with van der Waals surface area (Å²) in [7, 11) is -2.88. The molecule has 2 rings (SSSR count). The lowest BCUT2D eigenvalue weighted by molar-refractivity contribution is -0.129. The van der Waals surface area contributed by atoms with E-state index >= 15 is 0 Å². The van der Waals surface area contributed by atoms with Crippen LogP contribution in [0.1, 0.15) is 36.3 Å². The molecule has 0 aliphatic carbocycles. The van der Waals surface area contributed by atoms with Crippen LogP contribution in [-0.4, -0.2) is 40.8 Å². The van der Waals surface area contributed by atoms with Crippen LogP contribution in [0, 0.1) is 13.8 Å². The molecule has 0 N–H and O–H groups in total. The van der Waals surface area contributed by atoms with Gasteiger partial charge in [-0.1, -0.05) is 0 Å². The first-order chi connectivity index (χ1) is 9.12. The molecule has 1 aromatic rings. The molecule has 112 valence electrons. The third-order valence-corrected chi connectivity index (χ3v) is 5.08. The number of aryl methyl sites for hydroxylation is 2. The van der Waals surface area contributed by atoms with Crippen LogP contribution in [0.5, 0.6) is 0 Å². The van der Waals surface area contributed by atoms with E-state index in [0.717, 1.165) is 17.0 Å². The predicted octanol–water partition coefficient (Wildman–Crippen LogP) is 0.998. The number of likely N-dealkylation sites (tertiary alicyclic amines) is 1. The number of carbonyl (C=O) groups excluding carboxylic acids is 1. The van der Waals surface area contributed by atoms with Crippen molar-refractivity contribution >= 4 is 16.1 Å². The van der Waals surface area contributed by atoms with Crippen molar-refractivity contribution in [1.82, 2.24) is 14.7 Å². The van der Waals surface area contributed by atoms with Gasteiger partial charge in [0.05, 0.1) is 11.7 Å². The van der Waals surface area contributed by atoms with Crippen molar-refractivity contribution in [2.75, 3.05) is 6.54 Å². The van der Waals surface area contributed by atoms with Crippen molar-refractivity contribution < 1.29 is 17.1 Å². The van der Waals surface area contributed by atoms with Gasteiger partial charge in [0, 0.05) is 31.3 Å². The van der Waals surface area contributed by atoms with Gasteiger partial charge in [-0.05, 0) is 20.8 Å². The van der Waals surface area contributed by atoms with Crippen LogP contribution in [0.25, 0.3) is 0 Å². The lowest BCUT2D eigenvalue weighted by Gasteiger charge is -2.25. The number of aromatic nitrogens is 2. The zero-order valence-corrected chi connectivity index (χ0v) is 12.7. The Balaban J connectivity index is 2.31. The molecule has 0 spiro atoms. The molecule has 1 aromatic heterocycles. The molecule has 2 unspecified atom stereocenters. The molecule has 8 heteroatoms. The van der Waals surface area contributed by atoms with E-state index in [2.05, 4.69) is 5.10 Å². The molecule has 0 radical (unpaired) electrons. The summed E-state index contributed by atoms with van der Waals surface area (Å²) in [5, 5.41) is 3.03. The van der Waals surface area contributed by atoms with Crippen LogP contribution in [-0.2, 0) is 22.1 Å². The fourth-order valence-corrected chi connectivity index (χ4v) is 3.49. The van der Waals surface area contributed by atoms with E-state index in [9.17, 15) is 17.1 Å². The summed E-state index contributed by atoms with van der Waals surface area (Å²) < 4.78 is 36.7. The van der Waals surface area contributed by atoms with Crippen molar-refractivity contribution in [2.24, 2.45) is 7.05 Å². The molecular weight excluding hydrogens is 285 g/mol. The minimum Gasteiger partial charge on any atom is -0.334 e. The zero-order valence-electron chi connectivity index (χ0n) is 11.9. The van der Waals surface area contributed by atoms with Crippen LogP contribution in [0.4, 0.5) is 3.89 Å². The van der Waals surface area contributed by atoms with Crippen molar-refractivity contribution in [2.45, 2.75) is 38.5 Å². The van der Waals surface area contributed by atoms with Crippen molar-refractivity contribution in [1.29, 1.82) is 0 Å². The molecule has 0 saturated carbocycles. The first-order valence-electron chi connectivity index (χ1n) is 6.36. The van der Waals surface area contributed by atoms with E-state index in [-0.39, 0.29) is 24.9 Å².